The first-order valence-corrected chi connectivity index (χ1v) is 11.4. The van der Waals surface area contributed by atoms with Gasteiger partial charge in [0.25, 0.3) is 11.8 Å². The van der Waals surface area contributed by atoms with Crippen molar-refractivity contribution in [1.29, 1.82) is 0 Å². The lowest BCUT2D eigenvalue weighted by atomic mass is 9.96. The van der Waals surface area contributed by atoms with E-state index < -0.39 is 0 Å². The molecular formula is C25H30N4O2. The molecule has 2 aromatic rings. The molecule has 2 fully saturated rings. The highest BCUT2D eigenvalue weighted by molar-refractivity contribution is 5.96. The van der Waals surface area contributed by atoms with Crippen molar-refractivity contribution >= 4 is 17.5 Å². The molecule has 5 rings (SSSR count). The summed E-state index contributed by atoms with van der Waals surface area (Å²) in [5, 5.41) is 0. The molecule has 2 aromatic carbocycles. The Bertz CT molecular complexity index is 982. The second kappa shape index (κ2) is 8.35. The second-order valence-electron chi connectivity index (χ2n) is 8.95. The van der Waals surface area contributed by atoms with Gasteiger partial charge in [-0.15, -0.1) is 0 Å². The quantitative estimate of drug-likeness (QED) is 0.778. The van der Waals surface area contributed by atoms with Crippen LogP contribution in [0.2, 0.25) is 0 Å². The van der Waals surface area contributed by atoms with E-state index in [1.165, 1.54) is 18.4 Å². The van der Waals surface area contributed by atoms with Gasteiger partial charge in [-0.25, -0.2) is 0 Å². The van der Waals surface area contributed by atoms with Gasteiger partial charge in [0.15, 0.2) is 0 Å². The van der Waals surface area contributed by atoms with Crippen molar-refractivity contribution < 1.29 is 9.59 Å². The molecule has 162 valence electrons. The number of carbonyl (C=O) groups excluding carboxylic acids is 2. The second-order valence-corrected chi connectivity index (χ2v) is 8.95. The van der Waals surface area contributed by atoms with E-state index in [9.17, 15) is 9.59 Å². The van der Waals surface area contributed by atoms with E-state index in [4.69, 9.17) is 5.73 Å². The number of likely N-dealkylation sites (tertiary alicyclic amines) is 2. The molecular weight excluding hydrogens is 388 g/mol. The van der Waals surface area contributed by atoms with Gasteiger partial charge < -0.3 is 15.5 Å². The number of anilines is 1. The molecule has 6 heteroatoms. The largest absolute Gasteiger partial charge is 0.399 e. The molecule has 3 aliphatic rings. The number of nitrogen functional groups attached to an aromatic ring is 1. The third kappa shape index (κ3) is 3.92. The third-order valence-electron chi connectivity index (χ3n) is 6.95. The highest BCUT2D eigenvalue weighted by Gasteiger charge is 2.35. The summed E-state index contributed by atoms with van der Waals surface area (Å²) in [6.07, 6.45) is 5.68. The molecule has 6 nitrogen and oxygen atoms in total. The van der Waals surface area contributed by atoms with E-state index in [1.807, 2.05) is 17.0 Å². The van der Waals surface area contributed by atoms with Crippen LogP contribution in [0.1, 0.15) is 57.5 Å². The minimum absolute atomic E-state index is 0.0244. The van der Waals surface area contributed by atoms with Gasteiger partial charge in [-0.3, -0.25) is 14.5 Å². The summed E-state index contributed by atoms with van der Waals surface area (Å²) in [5.41, 5.74) is 10.1. The predicted octanol–water partition coefficient (Wildman–Crippen LogP) is 3.13. The van der Waals surface area contributed by atoms with Crippen LogP contribution >= 0.6 is 0 Å². The molecule has 2 saturated heterocycles. The number of fused-ring (bicyclic) bond motifs is 1. The number of nitrogens with two attached hydrogens (primary N) is 1. The molecule has 3 heterocycles. The van der Waals surface area contributed by atoms with Crippen LogP contribution in [0.3, 0.4) is 0 Å². The number of carbonyl (C=O) groups is 2. The first-order chi connectivity index (χ1) is 15.1. The SMILES string of the molecule is Nc1ccc(C(=O)N2CCc3cc(C(=O)N4CCCC4N4CCCC4)ccc3C2)cc1. The molecule has 0 saturated carbocycles. The minimum Gasteiger partial charge on any atom is -0.399 e. The Morgan fingerprint density at radius 1 is 0.806 bits per heavy atom. The predicted molar refractivity (Wildman–Crippen MR) is 121 cm³/mol. The molecule has 1 unspecified atom stereocenters. The fourth-order valence-electron chi connectivity index (χ4n) is 5.24. The Morgan fingerprint density at radius 2 is 1.55 bits per heavy atom. The van der Waals surface area contributed by atoms with Crippen molar-refractivity contribution in [3.8, 4) is 0 Å². The molecule has 2 amide bonds. The number of nitrogens with zero attached hydrogens (tertiary/aromatic N) is 3. The van der Waals surface area contributed by atoms with E-state index in [-0.39, 0.29) is 18.0 Å². The van der Waals surface area contributed by atoms with Crippen LogP contribution in [0.5, 0.6) is 0 Å². The van der Waals surface area contributed by atoms with E-state index in [1.54, 1.807) is 24.3 Å². The van der Waals surface area contributed by atoms with Crippen LogP contribution < -0.4 is 5.73 Å². The minimum atomic E-state index is 0.0244. The van der Waals surface area contributed by atoms with Gasteiger partial charge in [-0.05, 0) is 79.6 Å². The van der Waals surface area contributed by atoms with Crippen molar-refractivity contribution in [3.63, 3.8) is 0 Å². The Balaban J connectivity index is 1.30. The zero-order valence-corrected chi connectivity index (χ0v) is 17.9. The molecule has 0 bridgehead atoms. The van der Waals surface area contributed by atoms with Crippen molar-refractivity contribution in [2.24, 2.45) is 0 Å². The van der Waals surface area contributed by atoms with Crippen LogP contribution in [-0.2, 0) is 13.0 Å². The summed E-state index contributed by atoms with van der Waals surface area (Å²) in [4.78, 5) is 32.6. The summed E-state index contributed by atoms with van der Waals surface area (Å²) < 4.78 is 0. The number of benzene rings is 2. The lowest BCUT2D eigenvalue weighted by molar-refractivity contribution is 0.0530. The summed E-state index contributed by atoms with van der Waals surface area (Å²) in [6.45, 7) is 4.30. The third-order valence-corrected chi connectivity index (χ3v) is 6.95. The Morgan fingerprint density at radius 3 is 2.32 bits per heavy atom. The van der Waals surface area contributed by atoms with Gasteiger partial charge in [-0.1, -0.05) is 6.07 Å². The van der Waals surface area contributed by atoms with Gasteiger partial charge in [0.1, 0.15) is 0 Å². The summed E-state index contributed by atoms with van der Waals surface area (Å²) in [6, 6.07) is 13.1. The van der Waals surface area contributed by atoms with Crippen molar-refractivity contribution in [2.45, 2.75) is 44.8 Å². The fraction of sp³-hybridized carbons (Fsp3) is 0.440. The standard InChI is InChI=1S/C25H30N4O2/c26-22-9-7-18(8-10-22)24(30)28-15-11-19-16-20(5-6-21(19)17-28)25(31)29-14-3-4-23(29)27-12-1-2-13-27/h5-10,16,23H,1-4,11-15,17,26H2. The maximum absolute atomic E-state index is 13.3. The maximum Gasteiger partial charge on any atom is 0.255 e. The monoisotopic (exact) mass is 418 g/mol. The van der Waals surface area contributed by atoms with Gasteiger partial charge in [-0.2, -0.15) is 0 Å². The normalized spacial score (nSPS) is 21.4. The van der Waals surface area contributed by atoms with Crippen molar-refractivity contribution in [2.75, 3.05) is 31.9 Å². The van der Waals surface area contributed by atoms with Gasteiger partial charge in [0.2, 0.25) is 0 Å². The van der Waals surface area contributed by atoms with E-state index >= 15 is 0 Å². The topological polar surface area (TPSA) is 69.9 Å². The van der Waals surface area contributed by atoms with Gasteiger partial charge >= 0.3 is 0 Å². The maximum atomic E-state index is 13.3. The molecule has 3 aliphatic heterocycles. The lowest BCUT2D eigenvalue weighted by Gasteiger charge is -2.33. The molecule has 0 aliphatic carbocycles. The Labute approximate surface area is 183 Å². The van der Waals surface area contributed by atoms with Crippen LogP contribution in [0.4, 0.5) is 5.69 Å². The van der Waals surface area contributed by atoms with Crippen LogP contribution in [0, 0.1) is 0 Å². The van der Waals surface area contributed by atoms with Crippen molar-refractivity contribution in [1.82, 2.24) is 14.7 Å². The number of hydrogen-bond acceptors (Lipinski definition) is 4. The molecule has 0 aromatic heterocycles. The van der Waals surface area contributed by atoms with E-state index in [2.05, 4.69) is 15.9 Å². The lowest BCUT2D eigenvalue weighted by Crippen LogP contribution is -2.46. The fourth-order valence-corrected chi connectivity index (χ4v) is 5.24. The van der Waals surface area contributed by atoms with Crippen molar-refractivity contribution in [3.05, 3.63) is 64.7 Å². The van der Waals surface area contributed by atoms with E-state index in [0.717, 1.165) is 50.0 Å². The van der Waals surface area contributed by atoms with Gasteiger partial charge in [0.05, 0.1) is 6.17 Å². The smallest absolute Gasteiger partial charge is 0.255 e. The molecule has 2 N–H and O–H groups in total. The van der Waals surface area contributed by atoms with Crippen LogP contribution in [-0.4, -0.2) is 58.9 Å². The zero-order valence-electron chi connectivity index (χ0n) is 17.9. The highest BCUT2D eigenvalue weighted by atomic mass is 16.2. The van der Waals surface area contributed by atoms with Gasteiger partial charge in [0, 0.05) is 49.5 Å². The molecule has 0 radical (unpaired) electrons. The Hall–Kier alpha value is -2.86. The Kier molecular flexibility index (Phi) is 5.40. The first kappa shape index (κ1) is 20.1. The molecule has 0 spiro atoms. The highest BCUT2D eigenvalue weighted by Crippen LogP contribution is 2.28. The first-order valence-electron chi connectivity index (χ1n) is 11.4. The van der Waals surface area contributed by atoms with E-state index in [0.29, 0.717) is 24.3 Å². The zero-order chi connectivity index (χ0) is 21.4. The number of rotatable bonds is 3. The summed E-state index contributed by atoms with van der Waals surface area (Å²) in [7, 11) is 0. The van der Waals surface area contributed by atoms with Crippen LogP contribution in [0.15, 0.2) is 42.5 Å². The summed E-state index contributed by atoms with van der Waals surface area (Å²) >= 11 is 0. The molecule has 31 heavy (non-hydrogen) atoms. The average molecular weight is 419 g/mol. The summed E-state index contributed by atoms with van der Waals surface area (Å²) in [5.74, 6) is 0.175. The average Bonchev–Trinajstić information content (AvgIpc) is 3.49. The number of amides is 2. The number of hydrogen-bond donors (Lipinski definition) is 1. The molecule has 1 atom stereocenters. The van der Waals surface area contributed by atoms with Crippen LogP contribution in [0.25, 0.3) is 0 Å².